The van der Waals surface area contributed by atoms with Crippen molar-refractivity contribution < 1.29 is 13.5 Å². The van der Waals surface area contributed by atoms with Gasteiger partial charge >= 0.3 is 0 Å². The monoisotopic (exact) mass is 461 g/mol. The number of rotatable bonds is 6. The Morgan fingerprint density at radius 3 is 2.47 bits per heavy atom. The molecule has 0 bridgehead atoms. The van der Waals surface area contributed by atoms with Crippen molar-refractivity contribution >= 4 is 5.69 Å². The molecule has 0 radical (unpaired) electrons. The van der Waals surface area contributed by atoms with Crippen molar-refractivity contribution in [2.75, 3.05) is 25.4 Å². The fourth-order valence-electron chi connectivity index (χ4n) is 4.19. The van der Waals surface area contributed by atoms with Crippen molar-refractivity contribution in [2.24, 2.45) is 0 Å². The molecule has 1 fully saturated rings. The maximum Gasteiger partial charge on any atom is 0.158 e. The fraction of sp³-hybridized carbons (Fsp3) is 0.231. The Bertz CT molecular complexity index is 1270. The molecule has 0 spiro atoms. The first-order chi connectivity index (χ1) is 16.5. The number of nitrogens with zero attached hydrogens (tertiary/aromatic N) is 4. The minimum absolute atomic E-state index is 0.333. The summed E-state index contributed by atoms with van der Waals surface area (Å²) in [5, 5.41) is 9.39. The lowest BCUT2D eigenvalue weighted by atomic mass is 10.1. The van der Waals surface area contributed by atoms with Gasteiger partial charge in [-0.3, -0.25) is 4.90 Å². The summed E-state index contributed by atoms with van der Waals surface area (Å²) in [4.78, 5) is 3.62. The van der Waals surface area contributed by atoms with E-state index in [1.165, 1.54) is 34.6 Å². The molecule has 2 heterocycles. The van der Waals surface area contributed by atoms with Crippen LogP contribution in [-0.4, -0.2) is 39.6 Å². The van der Waals surface area contributed by atoms with E-state index in [0.29, 0.717) is 29.2 Å². The number of hydrogen-bond donors (Lipinski definition) is 1. The van der Waals surface area contributed by atoms with Crippen molar-refractivity contribution in [2.45, 2.75) is 19.6 Å². The van der Waals surface area contributed by atoms with Crippen LogP contribution < -0.4 is 5.73 Å². The molecule has 2 N–H and O–H groups in total. The van der Waals surface area contributed by atoms with Gasteiger partial charge in [-0.2, -0.15) is 4.80 Å². The van der Waals surface area contributed by atoms with E-state index in [2.05, 4.69) is 10.00 Å². The number of aryl methyl sites for hydroxylation is 1. The molecule has 3 aromatic carbocycles. The fourth-order valence-corrected chi connectivity index (χ4v) is 4.19. The quantitative estimate of drug-likeness (QED) is 0.423. The molecular weight excluding hydrogens is 436 g/mol. The summed E-state index contributed by atoms with van der Waals surface area (Å²) in [5.74, 6) is -0.694. The van der Waals surface area contributed by atoms with Gasteiger partial charge in [0.1, 0.15) is 23.0 Å². The number of hydrogen-bond acceptors (Lipinski definition) is 5. The number of nitrogen functional groups attached to an aromatic ring is 1. The largest absolute Gasteiger partial charge is 0.399 e. The van der Waals surface area contributed by atoms with Crippen molar-refractivity contribution in [1.29, 1.82) is 0 Å². The number of benzene rings is 3. The minimum Gasteiger partial charge on any atom is -0.399 e. The van der Waals surface area contributed by atoms with Crippen LogP contribution in [0.1, 0.15) is 23.0 Å². The summed E-state index contributed by atoms with van der Waals surface area (Å²) < 4.78 is 33.8. The van der Waals surface area contributed by atoms with Crippen LogP contribution in [0.4, 0.5) is 14.5 Å². The predicted octanol–water partition coefficient (Wildman–Crippen LogP) is 4.68. The van der Waals surface area contributed by atoms with Crippen LogP contribution in [0.25, 0.3) is 16.9 Å². The Kier molecular flexibility index (Phi) is 6.08. The van der Waals surface area contributed by atoms with E-state index in [4.69, 9.17) is 15.6 Å². The van der Waals surface area contributed by atoms with Gasteiger partial charge in [0.2, 0.25) is 0 Å². The van der Waals surface area contributed by atoms with Gasteiger partial charge < -0.3 is 10.5 Å². The Hall–Kier alpha value is -3.62. The van der Waals surface area contributed by atoms with Crippen LogP contribution in [0.2, 0.25) is 0 Å². The van der Waals surface area contributed by atoms with E-state index in [9.17, 15) is 8.78 Å². The van der Waals surface area contributed by atoms with Crippen LogP contribution in [0, 0.1) is 18.6 Å². The molecule has 1 saturated heterocycles. The number of anilines is 1. The van der Waals surface area contributed by atoms with Crippen molar-refractivity contribution in [3.63, 3.8) is 0 Å². The van der Waals surface area contributed by atoms with Crippen LogP contribution in [0.5, 0.6) is 0 Å². The van der Waals surface area contributed by atoms with Gasteiger partial charge in [-0.05, 0) is 73.0 Å². The first kappa shape index (κ1) is 22.2. The minimum atomic E-state index is -0.419. The van der Waals surface area contributed by atoms with E-state index in [0.717, 1.165) is 30.8 Å². The second-order valence-electron chi connectivity index (χ2n) is 8.47. The zero-order valence-electron chi connectivity index (χ0n) is 18.8. The average Bonchev–Trinajstić information content (AvgIpc) is 3.45. The Labute approximate surface area is 196 Å². The van der Waals surface area contributed by atoms with Gasteiger partial charge in [-0.15, -0.1) is 10.2 Å². The second kappa shape index (κ2) is 9.32. The van der Waals surface area contributed by atoms with E-state index in [1.807, 2.05) is 37.3 Å². The molecule has 0 aliphatic carbocycles. The molecule has 1 unspecified atom stereocenters. The predicted molar refractivity (Wildman–Crippen MR) is 126 cm³/mol. The molecule has 8 heteroatoms. The lowest BCUT2D eigenvalue weighted by Crippen LogP contribution is -2.27. The second-order valence-corrected chi connectivity index (χ2v) is 8.47. The number of nitrogens with two attached hydrogens (primary N) is 1. The van der Waals surface area contributed by atoms with Gasteiger partial charge in [-0.1, -0.05) is 12.1 Å². The summed E-state index contributed by atoms with van der Waals surface area (Å²) in [5.41, 5.74) is 10.9. The molecule has 1 aliphatic heterocycles. The third kappa shape index (κ3) is 4.69. The zero-order chi connectivity index (χ0) is 23.7. The Balaban J connectivity index is 1.49. The van der Waals surface area contributed by atoms with Crippen molar-refractivity contribution in [3.8, 4) is 16.9 Å². The summed E-state index contributed by atoms with van der Waals surface area (Å²) in [6, 6.07) is 18.6. The lowest BCUT2D eigenvalue weighted by Gasteiger charge is -2.22. The van der Waals surface area contributed by atoms with Gasteiger partial charge in [0.25, 0.3) is 0 Å². The molecule has 0 amide bonds. The smallest absolute Gasteiger partial charge is 0.158 e. The van der Waals surface area contributed by atoms with Gasteiger partial charge in [0.05, 0.1) is 12.3 Å². The van der Waals surface area contributed by atoms with Crippen LogP contribution in [-0.2, 0) is 11.2 Å². The highest BCUT2D eigenvalue weighted by molar-refractivity contribution is 5.62. The molecule has 4 aromatic rings. The van der Waals surface area contributed by atoms with Crippen molar-refractivity contribution in [3.05, 3.63) is 95.2 Å². The molecule has 34 heavy (non-hydrogen) atoms. The Morgan fingerprint density at radius 1 is 0.971 bits per heavy atom. The Morgan fingerprint density at radius 2 is 1.74 bits per heavy atom. The van der Waals surface area contributed by atoms with E-state index in [1.54, 1.807) is 12.1 Å². The highest BCUT2D eigenvalue weighted by Crippen LogP contribution is 2.33. The van der Waals surface area contributed by atoms with E-state index >= 15 is 0 Å². The van der Waals surface area contributed by atoms with Crippen LogP contribution in [0.3, 0.4) is 0 Å². The third-order valence-corrected chi connectivity index (χ3v) is 5.90. The zero-order valence-corrected chi connectivity index (χ0v) is 18.8. The highest BCUT2D eigenvalue weighted by Gasteiger charge is 2.32. The maximum absolute atomic E-state index is 14.1. The molecular formula is C26H25F2N5O. The van der Waals surface area contributed by atoms with Gasteiger partial charge in [0, 0.05) is 30.4 Å². The van der Waals surface area contributed by atoms with Gasteiger partial charge in [0.15, 0.2) is 6.23 Å². The van der Waals surface area contributed by atoms with Crippen molar-refractivity contribution in [1.82, 2.24) is 19.9 Å². The molecule has 0 saturated carbocycles. The third-order valence-electron chi connectivity index (χ3n) is 5.90. The maximum atomic E-state index is 14.1. The molecule has 1 aromatic heterocycles. The summed E-state index contributed by atoms with van der Waals surface area (Å²) in [7, 11) is 0. The average molecular weight is 462 g/mol. The topological polar surface area (TPSA) is 69.2 Å². The molecule has 174 valence electrons. The van der Waals surface area contributed by atoms with Crippen LogP contribution in [0.15, 0.2) is 66.7 Å². The highest BCUT2D eigenvalue weighted by atomic mass is 19.1. The first-order valence-electron chi connectivity index (χ1n) is 11.2. The van der Waals surface area contributed by atoms with Crippen LogP contribution >= 0.6 is 0 Å². The van der Waals surface area contributed by atoms with E-state index < -0.39 is 6.23 Å². The lowest BCUT2D eigenvalue weighted by molar-refractivity contribution is 0.0299. The summed E-state index contributed by atoms with van der Waals surface area (Å²) >= 11 is 0. The summed E-state index contributed by atoms with van der Waals surface area (Å²) in [6.45, 7) is 3.87. The number of ether oxygens (including phenoxy) is 1. The molecule has 1 aliphatic rings. The normalized spacial score (nSPS) is 16.3. The van der Waals surface area contributed by atoms with E-state index in [-0.39, 0.29) is 11.6 Å². The molecule has 5 rings (SSSR count). The van der Waals surface area contributed by atoms with Gasteiger partial charge in [-0.25, -0.2) is 8.78 Å². The standard InChI is InChI=1S/C26H25F2N5O/c1-17-14-21(28)16-23(15-17)33-30-24(19-4-6-20(27)7-5-19)25(31-33)26-32(12-13-34-26)11-10-18-2-8-22(29)9-3-18/h2-9,14-16,26H,10-13,29H2,1H3. The summed E-state index contributed by atoms with van der Waals surface area (Å²) in [6.07, 6.45) is 0.403. The molecule has 1 atom stereocenters. The number of aromatic nitrogens is 3. The molecule has 6 nitrogen and oxygen atoms in total. The number of halogens is 2. The SMILES string of the molecule is Cc1cc(F)cc(-n2nc(-c3ccc(F)cc3)c(C3OCCN3CCc3ccc(N)cc3)n2)c1. The first-order valence-corrected chi connectivity index (χ1v) is 11.2.